The number of hydrogen-bond donors (Lipinski definition) is 3. The topological polar surface area (TPSA) is 95.5 Å². The van der Waals surface area contributed by atoms with Gasteiger partial charge >= 0.3 is 5.97 Å². The second-order valence-electron chi connectivity index (χ2n) is 4.31. The zero-order chi connectivity index (χ0) is 14.0. The standard InChI is InChI=1S/C10H13ClN2O4S2/c11-8-1-2-9(18-8)19(16,17)13-7-3-6(10(14)15)4-12-5-7/h1-2,6-7,12-13H,3-5H2,(H,14,15)/t6-,7+/m0/s1. The molecular weight excluding hydrogens is 312 g/mol. The maximum atomic E-state index is 12.1. The number of halogens is 1. The van der Waals surface area contributed by atoms with Crippen LogP contribution < -0.4 is 10.0 Å². The van der Waals surface area contributed by atoms with Crippen LogP contribution in [0.4, 0.5) is 0 Å². The van der Waals surface area contributed by atoms with Crippen LogP contribution in [0.3, 0.4) is 0 Å². The summed E-state index contributed by atoms with van der Waals surface area (Å²) in [6, 6.07) is 2.51. The Labute approximate surface area is 119 Å². The van der Waals surface area contributed by atoms with Gasteiger partial charge in [-0.2, -0.15) is 0 Å². The zero-order valence-electron chi connectivity index (χ0n) is 9.80. The first-order valence-corrected chi connectivity index (χ1v) is 8.27. The molecule has 1 aliphatic rings. The Morgan fingerprint density at radius 2 is 2.21 bits per heavy atom. The van der Waals surface area contributed by atoms with Crippen molar-refractivity contribution in [1.82, 2.24) is 10.0 Å². The normalized spacial score (nSPS) is 24.3. The summed E-state index contributed by atoms with van der Waals surface area (Å²) in [6.07, 6.45) is 0.278. The maximum absolute atomic E-state index is 12.1. The summed E-state index contributed by atoms with van der Waals surface area (Å²) in [6.45, 7) is 0.778. The van der Waals surface area contributed by atoms with E-state index in [4.69, 9.17) is 16.7 Å². The Hall–Kier alpha value is -0.670. The van der Waals surface area contributed by atoms with Gasteiger partial charge in [0, 0.05) is 19.1 Å². The SMILES string of the molecule is O=C(O)[C@@H]1CNC[C@H](NS(=O)(=O)c2ccc(Cl)s2)C1. The van der Waals surface area contributed by atoms with E-state index >= 15 is 0 Å². The van der Waals surface area contributed by atoms with E-state index in [9.17, 15) is 13.2 Å². The molecule has 19 heavy (non-hydrogen) atoms. The van der Waals surface area contributed by atoms with Crippen LogP contribution in [-0.4, -0.2) is 38.6 Å². The van der Waals surface area contributed by atoms with Gasteiger partial charge in [0.2, 0.25) is 10.0 Å². The van der Waals surface area contributed by atoms with Crippen molar-refractivity contribution in [2.75, 3.05) is 13.1 Å². The van der Waals surface area contributed by atoms with E-state index < -0.39 is 28.0 Å². The first-order valence-electron chi connectivity index (χ1n) is 5.59. The summed E-state index contributed by atoms with van der Waals surface area (Å²) in [5.74, 6) is -1.50. The van der Waals surface area contributed by atoms with Crippen molar-refractivity contribution in [1.29, 1.82) is 0 Å². The van der Waals surface area contributed by atoms with Crippen LogP contribution in [0.2, 0.25) is 4.34 Å². The Morgan fingerprint density at radius 3 is 2.79 bits per heavy atom. The van der Waals surface area contributed by atoms with Gasteiger partial charge in [0.05, 0.1) is 10.3 Å². The molecule has 3 N–H and O–H groups in total. The second-order valence-corrected chi connectivity index (χ2v) is 7.96. The summed E-state index contributed by atoms with van der Waals surface area (Å²) >= 11 is 6.68. The molecule has 0 unspecified atom stereocenters. The van der Waals surface area contributed by atoms with E-state index in [-0.39, 0.29) is 10.6 Å². The molecule has 6 nitrogen and oxygen atoms in total. The minimum absolute atomic E-state index is 0.134. The number of carboxylic acid groups (broad SMARTS) is 1. The third-order valence-corrected chi connectivity index (χ3v) is 6.08. The number of carbonyl (C=O) groups is 1. The molecule has 0 saturated carbocycles. The van der Waals surface area contributed by atoms with Gasteiger partial charge in [-0.25, -0.2) is 13.1 Å². The van der Waals surface area contributed by atoms with Crippen LogP contribution in [0.5, 0.6) is 0 Å². The van der Waals surface area contributed by atoms with Crippen LogP contribution in [0.15, 0.2) is 16.3 Å². The van der Waals surface area contributed by atoms with Gasteiger partial charge in [0.15, 0.2) is 0 Å². The van der Waals surface area contributed by atoms with Crippen molar-refractivity contribution in [3.8, 4) is 0 Å². The minimum atomic E-state index is -3.64. The van der Waals surface area contributed by atoms with Crippen LogP contribution in [0.1, 0.15) is 6.42 Å². The van der Waals surface area contributed by atoms with Gasteiger partial charge < -0.3 is 10.4 Å². The number of hydrogen-bond acceptors (Lipinski definition) is 5. The molecule has 106 valence electrons. The number of nitrogens with one attached hydrogen (secondary N) is 2. The van der Waals surface area contributed by atoms with E-state index in [1.54, 1.807) is 0 Å². The first-order chi connectivity index (χ1) is 8.88. The predicted octanol–water partition coefficient (Wildman–Crippen LogP) is 0.743. The van der Waals surface area contributed by atoms with E-state index in [1.165, 1.54) is 12.1 Å². The number of aliphatic carboxylic acids is 1. The molecule has 1 saturated heterocycles. The molecule has 1 fully saturated rings. The number of thiophene rings is 1. The maximum Gasteiger partial charge on any atom is 0.307 e. The summed E-state index contributed by atoms with van der Waals surface area (Å²) in [5.41, 5.74) is 0. The largest absolute Gasteiger partial charge is 0.481 e. The van der Waals surface area contributed by atoms with E-state index in [0.717, 1.165) is 11.3 Å². The fourth-order valence-corrected chi connectivity index (χ4v) is 4.69. The van der Waals surface area contributed by atoms with Gasteiger partial charge in [-0.15, -0.1) is 11.3 Å². The first kappa shape index (κ1) is 14.7. The highest BCUT2D eigenvalue weighted by molar-refractivity contribution is 7.91. The third-order valence-electron chi connectivity index (χ3n) is 2.83. The van der Waals surface area contributed by atoms with Gasteiger partial charge in [-0.05, 0) is 18.6 Å². The molecule has 2 rings (SSSR count). The van der Waals surface area contributed by atoms with Gasteiger partial charge in [-0.3, -0.25) is 4.79 Å². The molecule has 1 aromatic heterocycles. The summed E-state index contributed by atoms with van der Waals surface area (Å²) < 4.78 is 27.1. The highest BCUT2D eigenvalue weighted by atomic mass is 35.5. The highest BCUT2D eigenvalue weighted by Gasteiger charge is 2.30. The van der Waals surface area contributed by atoms with Crippen LogP contribution in [0.25, 0.3) is 0 Å². The van der Waals surface area contributed by atoms with Gasteiger partial charge in [0.25, 0.3) is 0 Å². The van der Waals surface area contributed by atoms with Crippen LogP contribution in [-0.2, 0) is 14.8 Å². The number of carboxylic acids is 1. The lowest BCUT2D eigenvalue weighted by molar-refractivity contribution is -0.142. The molecule has 0 amide bonds. The average molecular weight is 325 g/mol. The molecule has 0 spiro atoms. The van der Waals surface area contributed by atoms with Crippen molar-refractivity contribution in [2.24, 2.45) is 5.92 Å². The fourth-order valence-electron chi connectivity index (χ4n) is 1.94. The Kier molecular flexibility index (Phi) is 4.46. The number of sulfonamides is 1. The molecular formula is C10H13ClN2O4S2. The predicted molar refractivity (Wildman–Crippen MR) is 72.1 cm³/mol. The van der Waals surface area contributed by atoms with Crippen molar-refractivity contribution in [3.63, 3.8) is 0 Å². The Balaban J connectivity index is 2.06. The van der Waals surface area contributed by atoms with Crippen LogP contribution >= 0.6 is 22.9 Å². The zero-order valence-corrected chi connectivity index (χ0v) is 12.2. The summed E-state index contributed by atoms with van der Waals surface area (Å²) in [7, 11) is -3.64. The lowest BCUT2D eigenvalue weighted by Gasteiger charge is -2.27. The fraction of sp³-hybridized carbons (Fsp3) is 0.500. The molecule has 2 heterocycles. The lowest BCUT2D eigenvalue weighted by Crippen LogP contribution is -2.50. The Morgan fingerprint density at radius 1 is 1.47 bits per heavy atom. The number of rotatable bonds is 4. The quantitative estimate of drug-likeness (QED) is 0.759. The van der Waals surface area contributed by atoms with Crippen molar-refractivity contribution in [2.45, 2.75) is 16.7 Å². The van der Waals surface area contributed by atoms with Crippen molar-refractivity contribution >= 4 is 38.9 Å². The molecule has 9 heteroatoms. The average Bonchev–Trinajstić information content (AvgIpc) is 2.76. The van der Waals surface area contributed by atoms with Gasteiger partial charge in [-0.1, -0.05) is 11.6 Å². The molecule has 0 aliphatic carbocycles. The monoisotopic (exact) mass is 324 g/mol. The summed E-state index contributed by atoms with van der Waals surface area (Å²) in [4.78, 5) is 10.9. The minimum Gasteiger partial charge on any atom is -0.481 e. The molecule has 1 aromatic rings. The molecule has 0 radical (unpaired) electrons. The molecule has 1 aliphatic heterocycles. The Bertz CT molecular complexity index is 572. The summed E-state index contributed by atoms with van der Waals surface area (Å²) in [5, 5.41) is 11.9. The van der Waals surface area contributed by atoms with Crippen molar-refractivity contribution < 1.29 is 18.3 Å². The smallest absolute Gasteiger partial charge is 0.307 e. The van der Waals surface area contributed by atoms with Crippen LogP contribution in [0, 0.1) is 5.92 Å². The van der Waals surface area contributed by atoms with E-state index in [0.29, 0.717) is 17.4 Å². The second kappa shape index (κ2) is 5.76. The molecule has 0 aromatic carbocycles. The van der Waals surface area contributed by atoms with E-state index in [2.05, 4.69) is 10.0 Å². The van der Waals surface area contributed by atoms with Gasteiger partial charge in [0.1, 0.15) is 4.21 Å². The number of piperidine rings is 1. The van der Waals surface area contributed by atoms with E-state index in [1.807, 2.05) is 0 Å². The molecule has 0 bridgehead atoms. The van der Waals surface area contributed by atoms with Crippen molar-refractivity contribution in [3.05, 3.63) is 16.5 Å². The third kappa shape index (κ3) is 3.67. The molecule has 2 atom stereocenters. The lowest BCUT2D eigenvalue weighted by atomic mass is 9.97. The highest BCUT2D eigenvalue weighted by Crippen LogP contribution is 2.26.